The third kappa shape index (κ3) is 5.20. The zero-order valence-corrected chi connectivity index (χ0v) is 14.9. The van der Waals surface area contributed by atoms with Gasteiger partial charge < -0.3 is 20.4 Å². The molecule has 2 aromatic rings. The molecule has 0 saturated heterocycles. The number of amides is 3. The van der Waals surface area contributed by atoms with Crippen molar-refractivity contribution >= 4 is 23.3 Å². The van der Waals surface area contributed by atoms with E-state index in [9.17, 15) is 9.59 Å². The van der Waals surface area contributed by atoms with Gasteiger partial charge in [0.05, 0.1) is 12.2 Å². The first kappa shape index (κ1) is 18.3. The van der Waals surface area contributed by atoms with Crippen LogP contribution in [0.3, 0.4) is 0 Å². The first-order chi connectivity index (χ1) is 11.9. The summed E-state index contributed by atoms with van der Waals surface area (Å²) in [4.78, 5) is 31.5. The van der Waals surface area contributed by atoms with Gasteiger partial charge in [-0.2, -0.15) is 0 Å². The fraction of sp³-hybridized carbons (Fsp3) is 0.278. The summed E-state index contributed by atoms with van der Waals surface area (Å²) in [5.74, 6) is -0.222. The molecule has 0 spiro atoms. The van der Waals surface area contributed by atoms with Crippen LogP contribution in [0.15, 0.2) is 42.6 Å². The van der Waals surface area contributed by atoms with Crippen molar-refractivity contribution < 1.29 is 9.59 Å². The predicted octanol–water partition coefficient (Wildman–Crippen LogP) is 2.17. The van der Waals surface area contributed by atoms with Gasteiger partial charge in [-0.15, -0.1) is 0 Å². The van der Waals surface area contributed by atoms with Gasteiger partial charge in [0.15, 0.2) is 0 Å². The van der Waals surface area contributed by atoms with Crippen LogP contribution in [0.2, 0.25) is 0 Å². The van der Waals surface area contributed by atoms with Crippen LogP contribution >= 0.6 is 0 Å². The fourth-order valence-electron chi connectivity index (χ4n) is 2.09. The lowest BCUT2D eigenvalue weighted by Gasteiger charge is -2.13. The van der Waals surface area contributed by atoms with E-state index in [-0.39, 0.29) is 18.5 Å². The molecule has 132 valence electrons. The van der Waals surface area contributed by atoms with Gasteiger partial charge in [-0.3, -0.25) is 9.78 Å². The molecule has 0 unspecified atom stereocenters. The highest BCUT2D eigenvalue weighted by molar-refractivity contribution is 6.04. The van der Waals surface area contributed by atoms with Gasteiger partial charge >= 0.3 is 6.03 Å². The number of carbonyl (C=O) groups is 2. The molecule has 7 heteroatoms. The number of benzene rings is 1. The summed E-state index contributed by atoms with van der Waals surface area (Å²) in [7, 11) is 7.24. The third-order valence-corrected chi connectivity index (χ3v) is 3.55. The Morgan fingerprint density at radius 1 is 1.04 bits per heavy atom. The summed E-state index contributed by atoms with van der Waals surface area (Å²) >= 11 is 0. The molecule has 0 fully saturated rings. The summed E-state index contributed by atoms with van der Waals surface area (Å²) in [6.45, 7) is 0.260. The number of hydrogen-bond donors (Lipinski definition) is 2. The van der Waals surface area contributed by atoms with Crippen molar-refractivity contribution in [2.24, 2.45) is 0 Å². The molecule has 0 atom stereocenters. The van der Waals surface area contributed by atoms with E-state index in [1.807, 2.05) is 43.3 Å². The second-order valence-corrected chi connectivity index (χ2v) is 5.98. The number of carbonyl (C=O) groups excluding carboxylic acids is 2. The van der Waals surface area contributed by atoms with Crippen molar-refractivity contribution in [1.82, 2.24) is 15.2 Å². The van der Waals surface area contributed by atoms with Gasteiger partial charge in [0.25, 0.3) is 5.91 Å². The van der Waals surface area contributed by atoms with Crippen LogP contribution in [0.25, 0.3) is 0 Å². The average molecular weight is 341 g/mol. The lowest BCUT2D eigenvalue weighted by molar-refractivity contribution is 0.102. The lowest BCUT2D eigenvalue weighted by Crippen LogP contribution is -2.34. The average Bonchev–Trinajstić information content (AvgIpc) is 2.60. The van der Waals surface area contributed by atoms with E-state index in [1.54, 1.807) is 32.4 Å². The first-order valence-electron chi connectivity index (χ1n) is 7.85. The molecule has 0 saturated carbocycles. The van der Waals surface area contributed by atoms with Gasteiger partial charge in [-0.1, -0.05) is 0 Å². The monoisotopic (exact) mass is 341 g/mol. The van der Waals surface area contributed by atoms with Gasteiger partial charge in [-0.25, -0.2) is 4.79 Å². The molecule has 0 bridgehead atoms. The summed E-state index contributed by atoms with van der Waals surface area (Å²) in [6.07, 6.45) is 1.56. The van der Waals surface area contributed by atoms with Gasteiger partial charge in [0.1, 0.15) is 0 Å². The summed E-state index contributed by atoms with van der Waals surface area (Å²) in [5.41, 5.74) is 2.88. The van der Waals surface area contributed by atoms with Gasteiger partial charge in [0, 0.05) is 51.3 Å². The number of aromatic nitrogens is 1. The molecule has 25 heavy (non-hydrogen) atoms. The van der Waals surface area contributed by atoms with E-state index in [0.29, 0.717) is 11.3 Å². The minimum absolute atomic E-state index is 0.211. The van der Waals surface area contributed by atoms with Crippen molar-refractivity contribution in [3.63, 3.8) is 0 Å². The maximum atomic E-state index is 12.4. The Balaban J connectivity index is 2.01. The molecule has 1 aromatic heterocycles. The first-order valence-corrected chi connectivity index (χ1v) is 7.85. The second-order valence-electron chi connectivity index (χ2n) is 5.98. The third-order valence-electron chi connectivity index (χ3n) is 3.55. The van der Waals surface area contributed by atoms with Gasteiger partial charge in [0.2, 0.25) is 0 Å². The number of rotatable bonds is 5. The van der Waals surface area contributed by atoms with Crippen LogP contribution in [0.1, 0.15) is 16.1 Å². The smallest absolute Gasteiger partial charge is 0.317 e. The maximum absolute atomic E-state index is 12.4. The minimum Gasteiger partial charge on any atom is -0.378 e. The molecule has 0 aliphatic rings. The topological polar surface area (TPSA) is 77.6 Å². The molecule has 2 N–H and O–H groups in total. The number of nitrogens with zero attached hydrogens (tertiary/aromatic N) is 3. The highest BCUT2D eigenvalue weighted by Crippen LogP contribution is 2.16. The van der Waals surface area contributed by atoms with Crippen molar-refractivity contribution in [2.45, 2.75) is 6.54 Å². The summed E-state index contributed by atoms with van der Waals surface area (Å²) in [6, 6.07) is 10.7. The lowest BCUT2D eigenvalue weighted by atomic mass is 10.2. The Hall–Kier alpha value is -3.09. The molecule has 1 heterocycles. The molecular formula is C18H23N5O2. The number of pyridine rings is 1. The maximum Gasteiger partial charge on any atom is 0.317 e. The number of urea groups is 1. The number of hydrogen-bond acceptors (Lipinski definition) is 4. The molecule has 2 rings (SSSR count). The fourth-order valence-corrected chi connectivity index (χ4v) is 2.09. The molecular weight excluding hydrogens is 318 g/mol. The Kier molecular flexibility index (Phi) is 5.94. The van der Waals surface area contributed by atoms with Crippen molar-refractivity contribution in [3.8, 4) is 0 Å². The number of anilines is 2. The highest BCUT2D eigenvalue weighted by Gasteiger charge is 2.09. The predicted molar refractivity (Wildman–Crippen MR) is 98.9 cm³/mol. The van der Waals surface area contributed by atoms with Crippen LogP contribution in [0.4, 0.5) is 16.2 Å². The van der Waals surface area contributed by atoms with Crippen molar-refractivity contribution in [1.29, 1.82) is 0 Å². The van der Waals surface area contributed by atoms with Crippen molar-refractivity contribution in [3.05, 3.63) is 53.9 Å². The summed E-state index contributed by atoms with van der Waals surface area (Å²) < 4.78 is 0. The SMILES string of the molecule is CN(C)C(=O)NCc1cc(C(=O)Nc2ccc(N(C)C)cc2)ccn1. The Labute approximate surface area is 147 Å². The highest BCUT2D eigenvalue weighted by atomic mass is 16.2. The summed E-state index contributed by atoms with van der Waals surface area (Å²) in [5, 5.41) is 5.57. The Morgan fingerprint density at radius 2 is 1.72 bits per heavy atom. The van der Waals surface area contributed by atoms with Crippen LogP contribution < -0.4 is 15.5 Å². The van der Waals surface area contributed by atoms with E-state index in [0.717, 1.165) is 11.4 Å². The standard InChI is InChI=1S/C18H23N5O2/c1-22(2)16-7-5-14(6-8-16)21-17(24)13-9-10-19-15(11-13)12-20-18(25)23(3)4/h5-11H,12H2,1-4H3,(H,20,25)(H,21,24). The van der Waals surface area contributed by atoms with Crippen LogP contribution in [0.5, 0.6) is 0 Å². The van der Waals surface area contributed by atoms with E-state index in [1.165, 1.54) is 4.90 Å². The minimum atomic E-state index is -0.222. The Morgan fingerprint density at radius 3 is 2.32 bits per heavy atom. The van der Waals surface area contributed by atoms with E-state index in [4.69, 9.17) is 0 Å². The number of nitrogens with one attached hydrogen (secondary N) is 2. The molecule has 1 aromatic carbocycles. The van der Waals surface area contributed by atoms with E-state index >= 15 is 0 Å². The van der Waals surface area contributed by atoms with Crippen LogP contribution in [0, 0.1) is 0 Å². The molecule has 7 nitrogen and oxygen atoms in total. The Bertz CT molecular complexity index is 741. The zero-order valence-electron chi connectivity index (χ0n) is 14.9. The zero-order chi connectivity index (χ0) is 18.4. The second kappa shape index (κ2) is 8.14. The van der Waals surface area contributed by atoms with Crippen LogP contribution in [-0.4, -0.2) is 50.0 Å². The molecule has 0 radical (unpaired) electrons. The largest absolute Gasteiger partial charge is 0.378 e. The van der Waals surface area contributed by atoms with E-state index in [2.05, 4.69) is 15.6 Å². The van der Waals surface area contributed by atoms with Crippen LogP contribution in [-0.2, 0) is 6.54 Å². The molecule has 3 amide bonds. The van der Waals surface area contributed by atoms with Crippen molar-refractivity contribution in [2.75, 3.05) is 38.4 Å². The normalized spacial score (nSPS) is 10.1. The van der Waals surface area contributed by atoms with Gasteiger partial charge in [-0.05, 0) is 36.4 Å². The molecule has 0 aliphatic carbocycles. The van der Waals surface area contributed by atoms with E-state index < -0.39 is 0 Å². The molecule has 0 aliphatic heterocycles. The quantitative estimate of drug-likeness (QED) is 0.874.